The van der Waals surface area contributed by atoms with E-state index in [1.165, 1.54) is 16.5 Å². The molecule has 5 nitrogen and oxygen atoms in total. The van der Waals surface area contributed by atoms with Crippen molar-refractivity contribution in [1.82, 2.24) is 14.9 Å². The number of para-hydroxylation sites is 1. The highest BCUT2D eigenvalue weighted by Crippen LogP contribution is 2.44. The summed E-state index contributed by atoms with van der Waals surface area (Å²) in [5.41, 5.74) is 3.93. The number of carbonyl (C=O) groups excluding carboxylic acids is 1. The Balaban J connectivity index is 1.78. The lowest BCUT2D eigenvalue weighted by atomic mass is 9.82. The van der Waals surface area contributed by atoms with Crippen LogP contribution in [0.3, 0.4) is 0 Å². The van der Waals surface area contributed by atoms with Crippen LogP contribution in [0.4, 0.5) is 5.82 Å². The van der Waals surface area contributed by atoms with Gasteiger partial charge < -0.3 is 15.2 Å². The molecule has 2 aliphatic heterocycles. The fraction of sp³-hybridized carbons (Fsp3) is 0.333. The quantitative estimate of drug-likeness (QED) is 0.747. The summed E-state index contributed by atoms with van der Waals surface area (Å²) in [4.78, 5) is 16.9. The highest BCUT2D eigenvalue weighted by molar-refractivity contribution is 6.08. The molecular formula is C21H22N4O. The van der Waals surface area contributed by atoms with Gasteiger partial charge in [-0.05, 0) is 44.5 Å². The van der Waals surface area contributed by atoms with Gasteiger partial charge in [-0.2, -0.15) is 0 Å². The van der Waals surface area contributed by atoms with Crippen molar-refractivity contribution in [3.05, 3.63) is 48.3 Å². The number of fused-ring (bicyclic) bond motifs is 2. The van der Waals surface area contributed by atoms with E-state index in [0.29, 0.717) is 11.9 Å². The van der Waals surface area contributed by atoms with Crippen molar-refractivity contribution in [3.63, 3.8) is 0 Å². The third-order valence-corrected chi connectivity index (χ3v) is 5.83. The Kier molecular flexibility index (Phi) is 3.25. The van der Waals surface area contributed by atoms with Crippen molar-refractivity contribution in [2.24, 2.45) is 0 Å². The second-order valence-corrected chi connectivity index (χ2v) is 7.78. The maximum absolute atomic E-state index is 12.4. The van der Waals surface area contributed by atoms with Gasteiger partial charge in [0.15, 0.2) is 0 Å². The molecule has 1 fully saturated rings. The lowest BCUT2D eigenvalue weighted by Crippen LogP contribution is -2.27. The molecule has 5 rings (SSSR count). The second kappa shape index (κ2) is 5.42. The molecule has 1 atom stereocenters. The zero-order valence-electron chi connectivity index (χ0n) is 15.0. The maximum atomic E-state index is 12.4. The zero-order chi connectivity index (χ0) is 17.9. The Morgan fingerprint density at radius 1 is 1.19 bits per heavy atom. The van der Waals surface area contributed by atoms with Crippen molar-refractivity contribution in [2.45, 2.75) is 31.7 Å². The van der Waals surface area contributed by atoms with Gasteiger partial charge in [0.25, 0.3) is 0 Å². The summed E-state index contributed by atoms with van der Waals surface area (Å²) < 4.78 is 2.40. The second-order valence-electron chi connectivity index (χ2n) is 7.78. The number of nitrogens with one attached hydrogen (secondary N) is 2. The van der Waals surface area contributed by atoms with Gasteiger partial charge in [0.05, 0.1) is 5.41 Å². The third-order valence-electron chi connectivity index (χ3n) is 5.83. The largest absolute Gasteiger partial charge is 0.342 e. The van der Waals surface area contributed by atoms with Gasteiger partial charge >= 0.3 is 0 Å². The first-order chi connectivity index (χ1) is 12.6. The molecule has 4 heterocycles. The van der Waals surface area contributed by atoms with Gasteiger partial charge in [-0.15, -0.1) is 0 Å². The van der Waals surface area contributed by atoms with Crippen LogP contribution in [0.25, 0.3) is 22.0 Å². The van der Waals surface area contributed by atoms with Crippen LogP contribution in [0, 0.1) is 0 Å². The first kappa shape index (κ1) is 15.6. The minimum absolute atomic E-state index is 0.0104. The predicted molar refractivity (Wildman–Crippen MR) is 103 cm³/mol. The van der Waals surface area contributed by atoms with Crippen LogP contribution in [0.15, 0.2) is 42.7 Å². The molecule has 2 aliphatic rings. The molecule has 0 bridgehead atoms. The van der Waals surface area contributed by atoms with E-state index in [2.05, 4.69) is 50.6 Å². The number of nitrogens with zero attached hydrogens (tertiary/aromatic N) is 2. The van der Waals surface area contributed by atoms with Crippen LogP contribution in [0.1, 0.15) is 31.9 Å². The molecule has 2 aromatic heterocycles. The summed E-state index contributed by atoms with van der Waals surface area (Å²) in [5.74, 6) is 0.702. The Morgan fingerprint density at radius 3 is 2.85 bits per heavy atom. The fourth-order valence-electron chi connectivity index (χ4n) is 4.39. The van der Waals surface area contributed by atoms with E-state index in [1.807, 2.05) is 19.9 Å². The zero-order valence-corrected chi connectivity index (χ0v) is 15.0. The molecule has 3 aromatic rings. The van der Waals surface area contributed by atoms with E-state index in [4.69, 9.17) is 0 Å². The van der Waals surface area contributed by atoms with E-state index >= 15 is 0 Å². The number of carbonyl (C=O) groups is 1. The first-order valence-corrected chi connectivity index (χ1v) is 9.19. The van der Waals surface area contributed by atoms with E-state index in [9.17, 15) is 4.79 Å². The van der Waals surface area contributed by atoms with Gasteiger partial charge in [-0.3, -0.25) is 4.79 Å². The van der Waals surface area contributed by atoms with Gasteiger partial charge in [-0.1, -0.05) is 18.2 Å². The third kappa shape index (κ3) is 2.07. The van der Waals surface area contributed by atoms with Crippen molar-refractivity contribution >= 4 is 22.6 Å². The molecule has 0 saturated carbocycles. The first-order valence-electron chi connectivity index (χ1n) is 9.19. The van der Waals surface area contributed by atoms with Crippen LogP contribution >= 0.6 is 0 Å². The van der Waals surface area contributed by atoms with Crippen molar-refractivity contribution < 1.29 is 4.79 Å². The smallest absolute Gasteiger partial charge is 0.235 e. The summed E-state index contributed by atoms with van der Waals surface area (Å²) in [5, 5.41) is 7.63. The average molecular weight is 346 g/mol. The van der Waals surface area contributed by atoms with Crippen LogP contribution in [-0.2, 0) is 10.2 Å². The molecule has 5 heteroatoms. The summed E-state index contributed by atoms with van der Waals surface area (Å²) in [6.07, 6.45) is 5.19. The Labute approximate surface area is 152 Å². The minimum Gasteiger partial charge on any atom is -0.342 e. The fourth-order valence-corrected chi connectivity index (χ4v) is 4.39. The molecule has 0 aliphatic carbocycles. The molecule has 26 heavy (non-hydrogen) atoms. The van der Waals surface area contributed by atoms with Crippen molar-refractivity contribution in [1.29, 1.82) is 0 Å². The van der Waals surface area contributed by atoms with Crippen LogP contribution in [0.5, 0.6) is 0 Å². The number of pyridine rings is 1. The van der Waals surface area contributed by atoms with Crippen LogP contribution in [0.2, 0.25) is 0 Å². The van der Waals surface area contributed by atoms with E-state index in [0.717, 1.165) is 30.6 Å². The molecule has 0 spiro atoms. The van der Waals surface area contributed by atoms with Gasteiger partial charge in [-0.25, -0.2) is 4.98 Å². The number of aromatic nitrogens is 2. The summed E-state index contributed by atoms with van der Waals surface area (Å²) in [7, 11) is 0. The monoisotopic (exact) mass is 346 g/mol. The lowest BCUT2D eigenvalue weighted by Gasteiger charge is -2.18. The number of benzene rings is 1. The van der Waals surface area contributed by atoms with E-state index in [-0.39, 0.29) is 5.91 Å². The predicted octanol–water partition coefficient (Wildman–Crippen LogP) is 3.47. The molecule has 2 N–H and O–H groups in total. The number of rotatable bonds is 2. The molecule has 0 radical (unpaired) electrons. The molecule has 1 unspecified atom stereocenters. The van der Waals surface area contributed by atoms with Crippen LogP contribution in [-0.4, -0.2) is 28.5 Å². The van der Waals surface area contributed by atoms with Crippen LogP contribution < -0.4 is 10.6 Å². The van der Waals surface area contributed by atoms with E-state index < -0.39 is 5.41 Å². The molecule has 1 amide bonds. The van der Waals surface area contributed by atoms with Gasteiger partial charge in [0.2, 0.25) is 5.91 Å². The number of hydrogen-bond donors (Lipinski definition) is 2. The Hall–Kier alpha value is -2.66. The molecule has 1 aromatic carbocycles. The highest BCUT2D eigenvalue weighted by Gasteiger charge is 2.41. The van der Waals surface area contributed by atoms with E-state index in [1.54, 1.807) is 6.20 Å². The van der Waals surface area contributed by atoms with Crippen molar-refractivity contribution in [3.8, 4) is 11.1 Å². The topological polar surface area (TPSA) is 59.0 Å². The molecular weight excluding hydrogens is 324 g/mol. The van der Waals surface area contributed by atoms with Gasteiger partial charge in [0.1, 0.15) is 5.82 Å². The summed E-state index contributed by atoms with van der Waals surface area (Å²) in [6.45, 7) is 6.00. The number of amides is 1. The standard InChI is InChI=1S/C21H22N4O/c1-21(2)18-15(8-10-23-19(18)24-20(21)26)16-12-25(13-7-9-22-11-13)17-6-4-3-5-14(16)17/h3-6,8,10,12-13,22H,7,9,11H2,1-2H3,(H,23,24,26). The normalized spacial score (nSPS) is 21.2. The SMILES string of the molecule is CC1(C)C(=O)Nc2nccc(-c3cn(C4CCNC4)c4ccccc34)c21. The van der Waals surface area contributed by atoms with Gasteiger partial charge in [0, 0.05) is 47.0 Å². The van der Waals surface area contributed by atoms with Crippen molar-refractivity contribution in [2.75, 3.05) is 18.4 Å². The highest BCUT2D eigenvalue weighted by atomic mass is 16.2. The minimum atomic E-state index is -0.586. The maximum Gasteiger partial charge on any atom is 0.235 e. The summed E-state index contributed by atoms with van der Waals surface area (Å²) in [6, 6.07) is 11.0. The number of hydrogen-bond acceptors (Lipinski definition) is 3. The molecule has 132 valence electrons. The molecule has 1 saturated heterocycles. The summed E-state index contributed by atoms with van der Waals surface area (Å²) >= 11 is 0. The Morgan fingerprint density at radius 2 is 2.04 bits per heavy atom. The Bertz CT molecular complexity index is 1030. The number of anilines is 1. The average Bonchev–Trinajstić information content (AvgIpc) is 3.33. The lowest BCUT2D eigenvalue weighted by molar-refractivity contribution is -0.119.